The molecule has 5 heteroatoms. The minimum atomic E-state index is -0.0313. The maximum absolute atomic E-state index is 11.8. The molecule has 0 fully saturated rings. The van der Waals surface area contributed by atoms with Gasteiger partial charge in [0.1, 0.15) is 0 Å². The molecule has 0 aliphatic heterocycles. The largest absolute Gasteiger partial charge is 0.383 e. The number of carbonyl (C=O) groups excluding carboxylic acids is 1. The number of carbonyl (C=O) groups is 1. The Bertz CT molecular complexity index is 355. The van der Waals surface area contributed by atoms with Crippen LogP contribution in [0.3, 0.4) is 0 Å². The van der Waals surface area contributed by atoms with Crippen LogP contribution in [-0.2, 0) is 4.74 Å². The van der Waals surface area contributed by atoms with Crippen LogP contribution in [0.4, 0.5) is 0 Å². The van der Waals surface area contributed by atoms with E-state index in [1.165, 1.54) is 0 Å². The number of rotatable bonds is 8. The fourth-order valence-corrected chi connectivity index (χ4v) is 1.82. The van der Waals surface area contributed by atoms with Crippen molar-refractivity contribution in [2.24, 2.45) is 0 Å². The van der Waals surface area contributed by atoms with Crippen LogP contribution in [-0.4, -0.2) is 45.5 Å². The van der Waals surface area contributed by atoms with E-state index in [-0.39, 0.29) is 5.91 Å². The Morgan fingerprint density at radius 2 is 1.94 bits per heavy atom. The number of amides is 1. The van der Waals surface area contributed by atoms with E-state index in [1.807, 2.05) is 30.5 Å². The Kier molecular flexibility index (Phi) is 7.48. The van der Waals surface area contributed by atoms with Crippen molar-refractivity contribution in [3.8, 4) is 0 Å². The molecule has 0 unspecified atom stereocenters. The predicted octanol–water partition coefficient (Wildman–Crippen LogP) is 1.37. The van der Waals surface area contributed by atoms with Gasteiger partial charge in [-0.2, -0.15) is 0 Å². The van der Waals surface area contributed by atoms with E-state index in [2.05, 4.69) is 10.6 Å². The molecular formula is C13H20N2O2S. The van der Waals surface area contributed by atoms with Gasteiger partial charge in [0.05, 0.1) is 6.61 Å². The van der Waals surface area contributed by atoms with Gasteiger partial charge in [-0.05, 0) is 30.5 Å². The number of hydrogen-bond donors (Lipinski definition) is 2. The van der Waals surface area contributed by atoms with Gasteiger partial charge in [0.2, 0.25) is 0 Å². The number of hydrogen-bond acceptors (Lipinski definition) is 4. The van der Waals surface area contributed by atoms with Crippen molar-refractivity contribution in [3.63, 3.8) is 0 Å². The number of benzene rings is 1. The van der Waals surface area contributed by atoms with Crippen molar-refractivity contribution in [1.82, 2.24) is 10.6 Å². The van der Waals surface area contributed by atoms with Crippen LogP contribution >= 0.6 is 11.8 Å². The van der Waals surface area contributed by atoms with Crippen LogP contribution in [0.5, 0.6) is 0 Å². The third-order valence-corrected chi connectivity index (χ3v) is 3.17. The molecule has 1 aromatic rings. The molecule has 4 nitrogen and oxygen atoms in total. The minimum absolute atomic E-state index is 0.0313. The summed E-state index contributed by atoms with van der Waals surface area (Å²) in [6.07, 6.45) is 2.01. The highest BCUT2D eigenvalue weighted by atomic mass is 32.2. The molecule has 0 heterocycles. The van der Waals surface area contributed by atoms with Crippen molar-refractivity contribution in [2.75, 3.05) is 39.6 Å². The Morgan fingerprint density at radius 1 is 1.22 bits per heavy atom. The number of nitrogens with one attached hydrogen (secondary N) is 2. The average Bonchev–Trinajstić information content (AvgIpc) is 2.42. The number of thioether (sulfide) groups is 1. The van der Waals surface area contributed by atoms with Crippen LogP contribution < -0.4 is 10.6 Å². The monoisotopic (exact) mass is 268 g/mol. The molecule has 1 rings (SSSR count). The second-order valence-corrected chi connectivity index (χ2v) is 4.61. The van der Waals surface area contributed by atoms with E-state index in [1.54, 1.807) is 18.9 Å². The predicted molar refractivity (Wildman–Crippen MR) is 75.3 cm³/mol. The summed E-state index contributed by atoms with van der Waals surface area (Å²) in [4.78, 5) is 12.9. The van der Waals surface area contributed by atoms with Gasteiger partial charge in [0.25, 0.3) is 5.91 Å². The maximum Gasteiger partial charge on any atom is 0.251 e. The first-order chi connectivity index (χ1) is 8.77. The molecule has 1 amide bonds. The lowest BCUT2D eigenvalue weighted by Crippen LogP contribution is -2.33. The van der Waals surface area contributed by atoms with Crippen molar-refractivity contribution in [1.29, 1.82) is 0 Å². The quantitative estimate of drug-likeness (QED) is 0.552. The molecule has 0 aliphatic rings. The standard InChI is InChI=1S/C13H20N2O2S/c1-17-10-9-14-7-8-15-13(16)11-3-5-12(18-2)6-4-11/h3-6,14H,7-10H2,1-2H3,(H,15,16). The summed E-state index contributed by atoms with van der Waals surface area (Å²) in [6, 6.07) is 7.60. The Balaban J connectivity index is 2.23. The summed E-state index contributed by atoms with van der Waals surface area (Å²) < 4.78 is 4.91. The smallest absolute Gasteiger partial charge is 0.251 e. The van der Waals surface area contributed by atoms with Gasteiger partial charge in [0, 0.05) is 37.2 Å². The van der Waals surface area contributed by atoms with Gasteiger partial charge < -0.3 is 15.4 Å². The SMILES string of the molecule is COCCNCCNC(=O)c1ccc(SC)cc1. The fourth-order valence-electron chi connectivity index (χ4n) is 1.41. The molecule has 0 saturated heterocycles. The summed E-state index contributed by atoms with van der Waals surface area (Å²) >= 11 is 1.66. The highest BCUT2D eigenvalue weighted by Crippen LogP contribution is 2.14. The minimum Gasteiger partial charge on any atom is -0.383 e. The van der Waals surface area contributed by atoms with Crippen LogP contribution in [0.1, 0.15) is 10.4 Å². The summed E-state index contributed by atoms with van der Waals surface area (Å²) in [7, 11) is 1.67. The van der Waals surface area contributed by atoms with E-state index >= 15 is 0 Å². The lowest BCUT2D eigenvalue weighted by molar-refractivity contribution is 0.0953. The van der Waals surface area contributed by atoms with Crippen LogP contribution in [0.25, 0.3) is 0 Å². The molecular weight excluding hydrogens is 248 g/mol. The fraction of sp³-hybridized carbons (Fsp3) is 0.462. The topological polar surface area (TPSA) is 50.4 Å². The molecule has 0 atom stereocenters. The second kappa shape index (κ2) is 8.97. The molecule has 100 valence electrons. The van der Waals surface area contributed by atoms with Crippen molar-refractivity contribution < 1.29 is 9.53 Å². The van der Waals surface area contributed by atoms with Gasteiger partial charge in [-0.15, -0.1) is 11.8 Å². The van der Waals surface area contributed by atoms with Crippen LogP contribution in [0.2, 0.25) is 0 Å². The van der Waals surface area contributed by atoms with Gasteiger partial charge >= 0.3 is 0 Å². The van der Waals surface area contributed by atoms with E-state index in [0.717, 1.165) is 18.0 Å². The van der Waals surface area contributed by atoms with Crippen LogP contribution in [0.15, 0.2) is 29.2 Å². The molecule has 0 saturated carbocycles. The normalized spacial score (nSPS) is 10.3. The summed E-state index contributed by atoms with van der Waals surface area (Å²) in [6.45, 7) is 2.85. The summed E-state index contributed by atoms with van der Waals surface area (Å²) in [5, 5.41) is 6.03. The zero-order chi connectivity index (χ0) is 13.2. The third kappa shape index (κ3) is 5.53. The van der Waals surface area contributed by atoms with Gasteiger partial charge in [-0.25, -0.2) is 0 Å². The molecule has 1 aromatic carbocycles. The Labute approximate surface area is 112 Å². The number of ether oxygens (including phenoxy) is 1. The van der Waals surface area contributed by atoms with Crippen LogP contribution in [0, 0.1) is 0 Å². The molecule has 0 aliphatic carbocycles. The van der Waals surface area contributed by atoms with Gasteiger partial charge in [0.15, 0.2) is 0 Å². The van der Waals surface area contributed by atoms with Crippen molar-refractivity contribution in [2.45, 2.75) is 4.90 Å². The summed E-state index contributed by atoms with van der Waals surface area (Å²) in [5.41, 5.74) is 0.699. The zero-order valence-corrected chi connectivity index (χ0v) is 11.7. The molecule has 0 aromatic heterocycles. The lowest BCUT2D eigenvalue weighted by atomic mass is 10.2. The lowest BCUT2D eigenvalue weighted by Gasteiger charge is -2.07. The van der Waals surface area contributed by atoms with Gasteiger partial charge in [-0.1, -0.05) is 0 Å². The Morgan fingerprint density at radius 3 is 2.56 bits per heavy atom. The number of methoxy groups -OCH3 is 1. The highest BCUT2D eigenvalue weighted by molar-refractivity contribution is 7.98. The first-order valence-electron chi connectivity index (χ1n) is 5.90. The third-order valence-electron chi connectivity index (χ3n) is 2.42. The van der Waals surface area contributed by atoms with Crippen molar-refractivity contribution in [3.05, 3.63) is 29.8 Å². The first kappa shape index (κ1) is 15.0. The summed E-state index contributed by atoms with van der Waals surface area (Å²) in [5.74, 6) is -0.0313. The van der Waals surface area contributed by atoms with Gasteiger partial charge in [-0.3, -0.25) is 4.79 Å². The highest BCUT2D eigenvalue weighted by Gasteiger charge is 2.03. The van der Waals surface area contributed by atoms with E-state index in [0.29, 0.717) is 18.7 Å². The van der Waals surface area contributed by atoms with E-state index in [9.17, 15) is 4.79 Å². The van der Waals surface area contributed by atoms with E-state index < -0.39 is 0 Å². The second-order valence-electron chi connectivity index (χ2n) is 3.73. The molecule has 2 N–H and O–H groups in total. The average molecular weight is 268 g/mol. The maximum atomic E-state index is 11.8. The molecule has 0 spiro atoms. The zero-order valence-electron chi connectivity index (χ0n) is 10.9. The molecule has 0 bridgehead atoms. The Hall–Kier alpha value is -1.04. The molecule has 0 radical (unpaired) electrons. The first-order valence-corrected chi connectivity index (χ1v) is 7.12. The van der Waals surface area contributed by atoms with E-state index in [4.69, 9.17) is 4.74 Å². The molecule has 18 heavy (non-hydrogen) atoms. The van der Waals surface area contributed by atoms with Crippen molar-refractivity contribution >= 4 is 17.7 Å².